The molecule has 1 aliphatic carbocycles. The van der Waals surface area contributed by atoms with E-state index < -0.39 is 0 Å². The van der Waals surface area contributed by atoms with E-state index in [0.29, 0.717) is 0 Å². The maximum Gasteiger partial charge on any atom is 0.0594 e. The molecule has 2 aliphatic rings. The number of ether oxygens (including phenoxy) is 1. The van der Waals surface area contributed by atoms with E-state index in [4.69, 9.17) is 4.74 Å². The fourth-order valence-corrected chi connectivity index (χ4v) is 3.46. The van der Waals surface area contributed by atoms with Crippen molar-refractivity contribution in [3.05, 3.63) is 23.1 Å². The van der Waals surface area contributed by atoms with Gasteiger partial charge in [-0.25, -0.2) is 0 Å². The third-order valence-electron chi connectivity index (χ3n) is 3.85. The third kappa shape index (κ3) is 6.44. The lowest BCUT2D eigenvalue weighted by molar-refractivity contribution is 0.0345. The molecular weight excluding hydrogens is 268 g/mol. The van der Waals surface area contributed by atoms with Gasteiger partial charge in [0, 0.05) is 26.2 Å². The van der Waals surface area contributed by atoms with Gasteiger partial charge in [-0.05, 0) is 43.5 Å². The Balaban J connectivity index is 1.48. The van der Waals surface area contributed by atoms with E-state index in [1.807, 2.05) is 11.8 Å². The molecule has 0 unspecified atom stereocenters. The monoisotopic (exact) mass is 296 g/mol. The first-order valence-corrected chi connectivity index (χ1v) is 8.80. The molecule has 0 spiro atoms. The van der Waals surface area contributed by atoms with Gasteiger partial charge in [-0.2, -0.15) is 0 Å². The summed E-state index contributed by atoms with van der Waals surface area (Å²) in [6, 6.07) is 0. The van der Waals surface area contributed by atoms with Crippen LogP contribution in [0.4, 0.5) is 0 Å². The molecule has 114 valence electrons. The molecule has 0 aromatic carbocycles. The van der Waals surface area contributed by atoms with E-state index in [0.717, 1.165) is 26.3 Å². The Labute approximate surface area is 128 Å². The highest BCUT2D eigenvalue weighted by atomic mass is 32.2. The van der Waals surface area contributed by atoms with Crippen molar-refractivity contribution in [3.63, 3.8) is 0 Å². The van der Waals surface area contributed by atoms with Crippen LogP contribution in [0.2, 0.25) is 0 Å². The molecule has 0 aromatic heterocycles. The zero-order valence-electron chi connectivity index (χ0n) is 12.7. The molecule has 1 fully saturated rings. The number of thioether (sulfide) groups is 1. The van der Waals surface area contributed by atoms with Crippen molar-refractivity contribution in [1.29, 1.82) is 0 Å². The Morgan fingerprint density at radius 2 is 2.15 bits per heavy atom. The number of morpholine rings is 1. The van der Waals surface area contributed by atoms with Gasteiger partial charge >= 0.3 is 0 Å². The summed E-state index contributed by atoms with van der Waals surface area (Å²) in [4.78, 5) is 6.53. The van der Waals surface area contributed by atoms with Crippen LogP contribution in [-0.4, -0.2) is 68.5 Å². The van der Waals surface area contributed by atoms with Crippen LogP contribution in [0.5, 0.6) is 0 Å². The van der Waals surface area contributed by atoms with Gasteiger partial charge in [0.25, 0.3) is 0 Å². The topological polar surface area (TPSA) is 15.7 Å². The largest absolute Gasteiger partial charge is 0.379 e. The normalized spacial score (nSPS) is 20.4. The summed E-state index contributed by atoms with van der Waals surface area (Å²) in [6.45, 7) is 7.59. The fraction of sp³-hybridized carbons (Fsp3) is 0.750. The van der Waals surface area contributed by atoms with Gasteiger partial charge in [-0.15, -0.1) is 11.8 Å². The first-order valence-electron chi connectivity index (χ1n) is 7.82. The third-order valence-corrected chi connectivity index (χ3v) is 5.05. The van der Waals surface area contributed by atoms with E-state index in [2.05, 4.69) is 35.1 Å². The van der Waals surface area contributed by atoms with E-state index in [1.54, 1.807) is 4.91 Å². The summed E-state index contributed by atoms with van der Waals surface area (Å²) < 4.78 is 5.38. The molecule has 1 saturated heterocycles. The van der Waals surface area contributed by atoms with Gasteiger partial charge in [-0.1, -0.05) is 18.2 Å². The Hall–Kier alpha value is -0.290. The predicted molar refractivity (Wildman–Crippen MR) is 88.3 cm³/mol. The number of hydrogen-bond acceptors (Lipinski definition) is 4. The van der Waals surface area contributed by atoms with Gasteiger partial charge < -0.3 is 9.64 Å². The van der Waals surface area contributed by atoms with Crippen molar-refractivity contribution >= 4 is 11.8 Å². The fourth-order valence-electron chi connectivity index (χ4n) is 2.49. The number of hydrogen-bond donors (Lipinski definition) is 0. The zero-order valence-corrected chi connectivity index (χ0v) is 13.5. The first-order chi connectivity index (χ1) is 9.84. The van der Waals surface area contributed by atoms with Gasteiger partial charge in [0.2, 0.25) is 0 Å². The molecule has 0 saturated carbocycles. The minimum Gasteiger partial charge on any atom is -0.379 e. The molecule has 0 N–H and O–H groups in total. The Morgan fingerprint density at radius 1 is 1.30 bits per heavy atom. The van der Waals surface area contributed by atoms with Crippen molar-refractivity contribution < 1.29 is 4.74 Å². The standard InChI is InChI=1S/C16H28N2OS/c1-17(9-10-18-11-13-19-14-12-18)8-5-15-20-16-6-3-2-4-7-16/h2-3,6H,4-5,7-15H2,1H3. The van der Waals surface area contributed by atoms with Crippen LogP contribution >= 0.6 is 11.8 Å². The lowest BCUT2D eigenvalue weighted by Gasteiger charge is -2.28. The van der Waals surface area contributed by atoms with Crippen LogP contribution in [0.25, 0.3) is 0 Å². The molecule has 0 atom stereocenters. The average Bonchev–Trinajstić information content (AvgIpc) is 2.52. The smallest absolute Gasteiger partial charge is 0.0594 e. The number of allylic oxidation sites excluding steroid dienone is 4. The van der Waals surface area contributed by atoms with Gasteiger partial charge in [-0.3, -0.25) is 4.90 Å². The van der Waals surface area contributed by atoms with Crippen LogP contribution in [0.1, 0.15) is 19.3 Å². The maximum absolute atomic E-state index is 5.38. The van der Waals surface area contributed by atoms with Crippen molar-refractivity contribution in [2.75, 3.05) is 58.7 Å². The van der Waals surface area contributed by atoms with E-state index in [-0.39, 0.29) is 0 Å². The molecule has 3 nitrogen and oxygen atoms in total. The van der Waals surface area contributed by atoms with Gasteiger partial charge in [0.05, 0.1) is 13.2 Å². The van der Waals surface area contributed by atoms with E-state index in [9.17, 15) is 0 Å². The number of nitrogens with zero attached hydrogens (tertiary/aromatic N) is 2. The zero-order chi connectivity index (χ0) is 14.0. The summed E-state index contributed by atoms with van der Waals surface area (Å²) >= 11 is 2.04. The summed E-state index contributed by atoms with van der Waals surface area (Å²) in [5.74, 6) is 1.25. The summed E-state index contributed by atoms with van der Waals surface area (Å²) in [7, 11) is 2.24. The molecule has 0 radical (unpaired) electrons. The molecule has 1 heterocycles. The van der Waals surface area contributed by atoms with Crippen molar-refractivity contribution in [1.82, 2.24) is 9.80 Å². The Kier molecular flexibility index (Phi) is 7.73. The number of likely N-dealkylation sites (N-methyl/N-ethyl adjacent to an activating group) is 1. The van der Waals surface area contributed by atoms with Crippen molar-refractivity contribution in [2.45, 2.75) is 19.3 Å². The molecular formula is C16H28N2OS. The Bertz CT molecular complexity index is 324. The second kappa shape index (κ2) is 9.61. The summed E-state index contributed by atoms with van der Waals surface area (Å²) in [6.07, 6.45) is 10.5. The van der Waals surface area contributed by atoms with E-state index in [1.165, 1.54) is 44.6 Å². The van der Waals surface area contributed by atoms with Crippen LogP contribution in [-0.2, 0) is 4.74 Å². The molecule has 0 aromatic rings. The van der Waals surface area contributed by atoms with Crippen LogP contribution in [0.15, 0.2) is 23.1 Å². The van der Waals surface area contributed by atoms with Crippen LogP contribution in [0.3, 0.4) is 0 Å². The molecule has 0 amide bonds. The highest BCUT2D eigenvalue weighted by Gasteiger charge is 2.10. The van der Waals surface area contributed by atoms with Crippen LogP contribution in [0, 0.1) is 0 Å². The van der Waals surface area contributed by atoms with Crippen LogP contribution < -0.4 is 0 Å². The minimum absolute atomic E-state index is 0.907. The summed E-state index contributed by atoms with van der Waals surface area (Å²) in [5, 5.41) is 0. The van der Waals surface area contributed by atoms with E-state index >= 15 is 0 Å². The highest BCUT2D eigenvalue weighted by Crippen LogP contribution is 2.24. The minimum atomic E-state index is 0.907. The molecule has 20 heavy (non-hydrogen) atoms. The predicted octanol–water partition coefficient (Wildman–Crippen LogP) is 2.61. The SMILES string of the molecule is CN(CCCSC1=CC=CCC1)CCN1CCOCC1. The van der Waals surface area contributed by atoms with Crippen molar-refractivity contribution in [2.24, 2.45) is 0 Å². The lowest BCUT2D eigenvalue weighted by Crippen LogP contribution is -2.40. The van der Waals surface area contributed by atoms with Gasteiger partial charge in [0.15, 0.2) is 0 Å². The first kappa shape index (κ1) is 16.1. The molecule has 2 rings (SSSR count). The maximum atomic E-state index is 5.38. The second-order valence-electron chi connectivity index (χ2n) is 5.56. The average molecular weight is 296 g/mol. The molecule has 4 heteroatoms. The number of rotatable bonds is 8. The van der Waals surface area contributed by atoms with Crippen molar-refractivity contribution in [3.8, 4) is 0 Å². The summed E-state index contributed by atoms with van der Waals surface area (Å²) in [5.41, 5.74) is 0. The molecule has 0 bridgehead atoms. The molecule has 1 aliphatic heterocycles. The Morgan fingerprint density at radius 3 is 2.90 bits per heavy atom. The quantitative estimate of drug-likeness (QED) is 0.640. The lowest BCUT2D eigenvalue weighted by atomic mass is 10.2. The second-order valence-corrected chi connectivity index (χ2v) is 6.78. The highest BCUT2D eigenvalue weighted by molar-refractivity contribution is 8.03. The van der Waals surface area contributed by atoms with Gasteiger partial charge in [0.1, 0.15) is 0 Å².